The van der Waals surface area contributed by atoms with Crippen molar-refractivity contribution < 1.29 is 9.59 Å². The van der Waals surface area contributed by atoms with Crippen molar-refractivity contribution in [2.24, 2.45) is 11.8 Å². The zero-order chi connectivity index (χ0) is 14.7. The zero-order valence-electron chi connectivity index (χ0n) is 13.0. The average molecular weight is 280 g/mol. The number of hydrogen-bond acceptors (Lipinski definition) is 2. The van der Waals surface area contributed by atoms with Crippen LogP contribution in [0.25, 0.3) is 0 Å². The van der Waals surface area contributed by atoms with Gasteiger partial charge in [-0.25, -0.2) is 0 Å². The van der Waals surface area contributed by atoms with Gasteiger partial charge in [0, 0.05) is 6.54 Å². The van der Waals surface area contributed by atoms with E-state index in [2.05, 4.69) is 19.2 Å². The van der Waals surface area contributed by atoms with E-state index >= 15 is 0 Å². The van der Waals surface area contributed by atoms with Crippen LogP contribution in [0.5, 0.6) is 0 Å². The van der Waals surface area contributed by atoms with Gasteiger partial charge in [0.2, 0.25) is 11.8 Å². The molecule has 0 aromatic carbocycles. The lowest BCUT2D eigenvalue weighted by molar-refractivity contribution is -0.151. The third kappa shape index (κ3) is 3.33. The highest BCUT2D eigenvalue weighted by Crippen LogP contribution is 2.31. The molecule has 1 aliphatic carbocycles. The molecule has 0 bridgehead atoms. The van der Waals surface area contributed by atoms with Crippen LogP contribution in [-0.4, -0.2) is 35.3 Å². The molecule has 0 aromatic rings. The molecule has 2 atom stereocenters. The van der Waals surface area contributed by atoms with Crippen LogP contribution in [0, 0.1) is 11.8 Å². The first-order valence-corrected chi connectivity index (χ1v) is 8.11. The lowest BCUT2D eigenvalue weighted by atomic mass is 9.81. The summed E-state index contributed by atoms with van der Waals surface area (Å²) in [5.41, 5.74) is 0. The Morgan fingerprint density at radius 2 is 1.85 bits per heavy atom. The topological polar surface area (TPSA) is 49.4 Å². The van der Waals surface area contributed by atoms with Gasteiger partial charge >= 0.3 is 0 Å². The summed E-state index contributed by atoms with van der Waals surface area (Å²) in [6.45, 7) is 6.83. The van der Waals surface area contributed by atoms with E-state index in [1.165, 1.54) is 19.3 Å². The molecule has 2 fully saturated rings. The predicted octanol–water partition coefficient (Wildman–Crippen LogP) is 2.33. The molecule has 0 radical (unpaired) electrons. The van der Waals surface area contributed by atoms with Crippen molar-refractivity contribution in [2.45, 2.75) is 71.4 Å². The summed E-state index contributed by atoms with van der Waals surface area (Å²) in [5, 5.41) is 2.86. The first-order chi connectivity index (χ1) is 9.50. The molecule has 1 N–H and O–H groups in total. The number of amides is 2. The van der Waals surface area contributed by atoms with E-state index in [1.807, 2.05) is 4.90 Å². The molecule has 0 spiro atoms. The summed E-state index contributed by atoms with van der Waals surface area (Å²) in [6.07, 6.45) is 6.78. The Morgan fingerprint density at radius 3 is 2.45 bits per heavy atom. The maximum atomic E-state index is 12.4. The lowest BCUT2D eigenvalue weighted by Crippen LogP contribution is -2.64. The minimum atomic E-state index is -0.366. The van der Waals surface area contributed by atoms with Crippen LogP contribution in [0.2, 0.25) is 0 Å². The molecule has 2 unspecified atom stereocenters. The van der Waals surface area contributed by atoms with E-state index in [0.717, 1.165) is 25.8 Å². The first kappa shape index (κ1) is 15.3. The van der Waals surface area contributed by atoms with Gasteiger partial charge in [-0.15, -0.1) is 0 Å². The van der Waals surface area contributed by atoms with Gasteiger partial charge in [0.05, 0.1) is 0 Å². The summed E-state index contributed by atoms with van der Waals surface area (Å²) < 4.78 is 0. The maximum absolute atomic E-state index is 12.4. The highest BCUT2D eigenvalue weighted by molar-refractivity contribution is 5.96. The molecule has 2 rings (SSSR count). The summed E-state index contributed by atoms with van der Waals surface area (Å²) in [6, 6.07) is -0.591. The van der Waals surface area contributed by atoms with Crippen molar-refractivity contribution >= 4 is 11.8 Å². The number of nitrogens with zero attached hydrogens (tertiary/aromatic N) is 1. The fourth-order valence-electron chi connectivity index (χ4n) is 3.45. The number of hydrogen-bond donors (Lipinski definition) is 1. The molecule has 1 saturated heterocycles. The van der Waals surface area contributed by atoms with Crippen molar-refractivity contribution in [2.75, 3.05) is 6.54 Å². The summed E-state index contributed by atoms with van der Waals surface area (Å²) in [5.74, 6) is 1.07. The van der Waals surface area contributed by atoms with Crippen molar-refractivity contribution in [1.29, 1.82) is 0 Å². The van der Waals surface area contributed by atoms with Crippen molar-refractivity contribution in [1.82, 2.24) is 10.2 Å². The molecule has 20 heavy (non-hydrogen) atoms. The second-order valence-corrected chi connectivity index (χ2v) is 6.79. The Kier molecular flexibility index (Phi) is 5.06. The molecule has 1 heterocycles. The molecule has 4 nitrogen and oxygen atoms in total. The standard InChI is InChI=1S/C16H28N2O2/c1-11(2)9-10-18-14(13-7-5-4-6-8-13)15(19)17-12(3)16(18)20/h11-14H,4-10H2,1-3H3,(H,17,19). The monoisotopic (exact) mass is 280 g/mol. The molecule has 4 heteroatoms. The number of piperazine rings is 1. The predicted molar refractivity (Wildman–Crippen MR) is 79.1 cm³/mol. The second kappa shape index (κ2) is 6.59. The Balaban J connectivity index is 2.13. The molecular formula is C16H28N2O2. The van der Waals surface area contributed by atoms with Gasteiger partial charge in [-0.2, -0.15) is 0 Å². The van der Waals surface area contributed by atoms with Gasteiger partial charge in [-0.1, -0.05) is 33.1 Å². The molecule has 2 amide bonds. The first-order valence-electron chi connectivity index (χ1n) is 8.11. The Morgan fingerprint density at radius 1 is 1.20 bits per heavy atom. The highest BCUT2D eigenvalue weighted by Gasteiger charge is 2.42. The normalized spacial score (nSPS) is 28.9. The fourth-order valence-corrected chi connectivity index (χ4v) is 3.45. The van der Waals surface area contributed by atoms with E-state index in [-0.39, 0.29) is 23.9 Å². The number of rotatable bonds is 4. The van der Waals surface area contributed by atoms with Crippen LogP contribution in [0.3, 0.4) is 0 Å². The zero-order valence-corrected chi connectivity index (χ0v) is 13.0. The van der Waals surface area contributed by atoms with E-state index in [0.29, 0.717) is 11.8 Å². The summed E-state index contributed by atoms with van der Waals surface area (Å²) >= 11 is 0. The molecule has 2 aliphatic rings. The second-order valence-electron chi connectivity index (χ2n) is 6.79. The summed E-state index contributed by atoms with van der Waals surface area (Å²) in [4.78, 5) is 26.7. The van der Waals surface area contributed by atoms with Crippen molar-refractivity contribution in [3.05, 3.63) is 0 Å². The third-order valence-electron chi connectivity index (χ3n) is 4.66. The minimum absolute atomic E-state index is 0.0627. The van der Waals surface area contributed by atoms with Crippen LogP contribution in [-0.2, 0) is 9.59 Å². The number of carbonyl (C=O) groups is 2. The van der Waals surface area contributed by atoms with Crippen LogP contribution in [0.4, 0.5) is 0 Å². The van der Waals surface area contributed by atoms with E-state index in [4.69, 9.17) is 0 Å². The van der Waals surface area contributed by atoms with Gasteiger partial charge in [-0.3, -0.25) is 9.59 Å². The lowest BCUT2D eigenvalue weighted by Gasteiger charge is -2.43. The number of carbonyl (C=O) groups excluding carboxylic acids is 2. The molecule has 0 aromatic heterocycles. The van der Waals surface area contributed by atoms with Gasteiger partial charge in [0.1, 0.15) is 12.1 Å². The fraction of sp³-hybridized carbons (Fsp3) is 0.875. The molecule has 1 saturated carbocycles. The van der Waals surface area contributed by atoms with Crippen molar-refractivity contribution in [3.8, 4) is 0 Å². The quantitative estimate of drug-likeness (QED) is 0.859. The van der Waals surface area contributed by atoms with Crippen molar-refractivity contribution in [3.63, 3.8) is 0 Å². The molecule has 114 valence electrons. The summed E-state index contributed by atoms with van der Waals surface area (Å²) in [7, 11) is 0. The third-order valence-corrected chi connectivity index (χ3v) is 4.66. The molecular weight excluding hydrogens is 252 g/mol. The van der Waals surface area contributed by atoms with Crippen LogP contribution < -0.4 is 5.32 Å². The average Bonchev–Trinajstić information content (AvgIpc) is 2.42. The Hall–Kier alpha value is -1.06. The maximum Gasteiger partial charge on any atom is 0.245 e. The largest absolute Gasteiger partial charge is 0.343 e. The van der Waals surface area contributed by atoms with Gasteiger partial charge in [0.25, 0.3) is 0 Å². The minimum Gasteiger partial charge on any atom is -0.343 e. The van der Waals surface area contributed by atoms with E-state index < -0.39 is 0 Å². The van der Waals surface area contributed by atoms with Crippen LogP contribution >= 0.6 is 0 Å². The highest BCUT2D eigenvalue weighted by atomic mass is 16.2. The van der Waals surface area contributed by atoms with Crippen LogP contribution in [0.1, 0.15) is 59.3 Å². The number of nitrogens with one attached hydrogen (secondary N) is 1. The van der Waals surface area contributed by atoms with Gasteiger partial charge < -0.3 is 10.2 Å². The Labute approximate surface area is 122 Å². The van der Waals surface area contributed by atoms with E-state index in [1.54, 1.807) is 6.92 Å². The SMILES string of the molecule is CC(C)CCN1C(=O)C(C)NC(=O)C1C1CCCCC1. The Bertz CT molecular complexity index is 361. The smallest absolute Gasteiger partial charge is 0.245 e. The molecule has 1 aliphatic heterocycles. The van der Waals surface area contributed by atoms with Gasteiger partial charge in [-0.05, 0) is 38.0 Å². The van der Waals surface area contributed by atoms with E-state index in [9.17, 15) is 9.59 Å². The van der Waals surface area contributed by atoms with Gasteiger partial charge in [0.15, 0.2) is 0 Å². The van der Waals surface area contributed by atoms with Crippen LogP contribution in [0.15, 0.2) is 0 Å².